The fourth-order valence-corrected chi connectivity index (χ4v) is 3.17. The lowest BCUT2D eigenvalue weighted by atomic mass is 10.2. The quantitative estimate of drug-likeness (QED) is 0.482. The van der Waals surface area contributed by atoms with E-state index in [4.69, 9.17) is 9.47 Å². The van der Waals surface area contributed by atoms with Crippen LogP contribution in [0.3, 0.4) is 0 Å². The molecule has 7 heteroatoms. The van der Waals surface area contributed by atoms with Crippen LogP contribution in [0.1, 0.15) is 21.7 Å². The van der Waals surface area contributed by atoms with Crippen LogP contribution in [0.25, 0.3) is 10.9 Å². The summed E-state index contributed by atoms with van der Waals surface area (Å²) < 4.78 is 11.0. The van der Waals surface area contributed by atoms with Crippen molar-refractivity contribution in [3.8, 4) is 11.5 Å². The van der Waals surface area contributed by atoms with E-state index >= 15 is 0 Å². The first-order valence-electron chi connectivity index (χ1n) is 9.75. The maximum atomic E-state index is 12.7. The molecule has 0 bridgehead atoms. The third-order valence-corrected chi connectivity index (χ3v) is 4.73. The Hall–Kier alpha value is -4.13. The monoisotopic (exact) mass is 415 g/mol. The highest BCUT2D eigenvalue weighted by Gasteiger charge is 2.14. The minimum Gasteiger partial charge on any atom is -0.497 e. The number of aromatic amines is 1. The molecule has 2 N–H and O–H groups in total. The van der Waals surface area contributed by atoms with E-state index in [1.54, 1.807) is 25.3 Å². The molecule has 3 aromatic carbocycles. The van der Waals surface area contributed by atoms with Crippen LogP contribution in [0.15, 0.2) is 77.6 Å². The normalized spacial score (nSPS) is 10.6. The van der Waals surface area contributed by atoms with Crippen molar-refractivity contribution in [1.82, 2.24) is 15.3 Å². The molecule has 4 aromatic rings. The van der Waals surface area contributed by atoms with Gasteiger partial charge in [0.05, 0.1) is 12.6 Å². The predicted molar refractivity (Wildman–Crippen MR) is 117 cm³/mol. The summed E-state index contributed by atoms with van der Waals surface area (Å²) in [6.07, 6.45) is 0. The molecule has 0 aliphatic heterocycles. The van der Waals surface area contributed by atoms with Gasteiger partial charge >= 0.3 is 0 Å². The molecule has 0 atom stereocenters. The summed E-state index contributed by atoms with van der Waals surface area (Å²) in [5.41, 5.74) is 1.81. The predicted octanol–water partition coefficient (Wildman–Crippen LogP) is 3.44. The van der Waals surface area contributed by atoms with Gasteiger partial charge in [-0.05, 0) is 35.4 Å². The third kappa shape index (κ3) is 4.72. The van der Waals surface area contributed by atoms with Crippen molar-refractivity contribution in [3.05, 3.63) is 100 Å². The zero-order valence-electron chi connectivity index (χ0n) is 16.9. The SMILES string of the molecule is COc1cccc(CNC(=O)c2nc3cccc(OCc4ccccc4)c3c(=O)[nH]2)c1. The van der Waals surface area contributed by atoms with Crippen molar-refractivity contribution in [2.24, 2.45) is 0 Å². The fourth-order valence-electron chi connectivity index (χ4n) is 3.17. The Kier molecular flexibility index (Phi) is 5.93. The molecule has 0 unspecified atom stereocenters. The van der Waals surface area contributed by atoms with Crippen molar-refractivity contribution < 1.29 is 14.3 Å². The van der Waals surface area contributed by atoms with Crippen LogP contribution in [0, 0.1) is 0 Å². The molecule has 0 saturated carbocycles. The lowest BCUT2D eigenvalue weighted by molar-refractivity contribution is 0.0940. The summed E-state index contributed by atoms with van der Waals surface area (Å²) in [4.78, 5) is 32.2. The van der Waals surface area contributed by atoms with E-state index in [-0.39, 0.29) is 12.4 Å². The van der Waals surface area contributed by atoms with Gasteiger partial charge in [0.2, 0.25) is 0 Å². The van der Waals surface area contributed by atoms with Gasteiger partial charge in [-0.25, -0.2) is 4.98 Å². The molecule has 0 spiro atoms. The number of H-pyrrole nitrogens is 1. The standard InChI is InChI=1S/C24H21N3O4/c1-30-18-10-5-9-17(13-18)14-25-24(29)22-26-19-11-6-12-20(21(19)23(28)27-22)31-15-16-7-3-2-4-8-16/h2-13H,14-15H2,1H3,(H,25,29)(H,26,27,28). The van der Waals surface area contributed by atoms with Gasteiger partial charge in [0.1, 0.15) is 23.5 Å². The highest BCUT2D eigenvalue weighted by atomic mass is 16.5. The number of hydrogen-bond acceptors (Lipinski definition) is 5. The molecular weight excluding hydrogens is 394 g/mol. The van der Waals surface area contributed by atoms with Gasteiger partial charge in [-0.15, -0.1) is 0 Å². The zero-order valence-corrected chi connectivity index (χ0v) is 16.9. The van der Waals surface area contributed by atoms with Gasteiger partial charge in [0.25, 0.3) is 11.5 Å². The number of benzene rings is 3. The molecule has 31 heavy (non-hydrogen) atoms. The van der Waals surface area contributed by atoms with E-state index < -0.39 is 11.5 Å². The Labute approximate surface area is 178 Å². The number of amides is 1. The summed E-state index contributed by atoms with van der Waals surface area (Å²) in [6, 6.07) is 22.2. The lowest BCUT2D eigenvalue weighted by Crippen LogP contribution is -2.27. The number of aromatic nitrogens is 2. The molecule has 0 saturated heterocycles. The van der Waals surface area contributed by atoms with E-state index in [1.165, 1.54) is 0 Å². The number of nitrogens with zero attached hydrogens (tertiary/aromatic N) is 1. The summed E-state index contributed by atoms with van der Waals surface area (Å²) in [5, 5.41) is 3.07. The molecule has 1 amide bonds. The Balaban J connectivity index is 1.53. The summed E-state index contributed by atoms with van der Waals surface area (Å²) >= 11 is 0. The topological polar surface area (TPSA) is 93.3 Å². The van der Waals surface area contributed by atoms with Crippen molar-refractivity contribution >= 4 is 16.8 Å². The fraction of sp³-hybridized carbons (Fsp3) is 0.125. The van der Waals surface area contributed by atoms with E-state index in [0.29, 0.717) is 29.0 Å². The van der Waals surface area contributed by atoms with Gasteiger partial charge in [0, 0.05) is 6.54 Å². The minimum absolute atomic E-state index is 0.0550. The summed E-state index contributed by atoms with van der Waals surface area (Å²) in [5.74, 6) is 0.587. The average molecular weight is 415 g/mol. The number of carbonyl (C=O) groups excluding carboxylic acids is 1. The largest absolute Gasteiger partial charge is 0.497 e. The van der Waals surface area contributed by atoms with Crippen LogP contribution in [-0.2, 0) is 13.2 Å². The number of methoxy groups -OCH3 is 1. The Morgan fingerprint density at radius 2 is 1.77 bits per heavy atom. The van der Waals surface area contributed by atoms with E-state index in [2.05, 4.69) is 15.3 Å². The van der Waals surface area contributed by atoms with E-state index in [0.717, 1.165) is 11.1 Å². The van der Waals surface area contributed by atoms with Crippen LogP contribution in [0.4, 0.5) is 0 Å². The van der Waals surface area contributed by atoms with Crippen molar-refractivity contribution in [2.75, 3.05) is 7.11 Å². The van der Waals surface area contributed by atoms with Crippen LogP contribution in [-0.4, -0.2) is 23.0 Å². The Morgan fingerprint density at radius 1 is 1.00 bits per heavy atom. The average Bonchev–Trinajstić information content (AvgIpc) is 2.81. The molecule has 0 fully saturated rings. The summed E-state index contributed by atoms with van der Waals surface area (Å²) in [7, 11) is 1.58. The Bertz CT molecular complexity index is 1270. The van der Waals surface area contributed by atoms with Crippen molar-refractivity contribution in [1.29, 1.82) is 0 Å². The molecule has 0 aliphatic rings. The second kappa shape index (κ2) is 9.13. The van der Waals surface area contributed by atoms with Gasteiger partial charge in [-0.3, -0.25) is 9.59 Å². The number of fused-ring (bicyclic) bond motifs is 1. The van der Waals surface area contributed by atoms with Gasteiger partial charge in [0.15, 0.2) is 5.82 Å². The second-order valence-electron chi connectivity index (χ2n) is 6.87. The first-order chi connectivity index (χ1) is 15.1. The van der Waals surface area contributed by atoms with Crippen LogP contribution in [0.5, 0.6) is 11.5 Å². The highest BCUT2D eigenvalue weighted by Crippen LogP contribution is 2.22. The molecule has 1 heterocycles. The van der Waals surface area contributed by atoms with Gasteiger partial charge in [-0.1, -0.05) is 48.5 Å². The number of ether oxygens (including phenoxy) is 2. The molecular formula is C24H21N3O4. The maximum Gasteiger partial charge on any atom is 0.287 e. The first kappa shape index (κ1) is 20.2. The third-order valence-electron chi connectivity index (χ3n) is 4.73. The van der Waals surface area contributed by atoms with Gasteiger partial charge < -0.3 is 19.8 Å². The molecule has 4 rings (SSSR count). The van der Waals surface area contributed by atoms with Crippen LogP contribution >= 0.6 is 0 Å². The van der Waals surface area contributed by atoms with E-state index in [9.17, 15) is 9.59 Å². The Morgan fingerprint density at radius 3 is 2.58 bits per heavy atom. The lowest BCUT2D eigenvalue weighted by Gasteiger charge is -2.10. The summed E-state index contributed by atoms with van der Waals surface area (Å²) in [6.45, 7) is 0.597. The van der Waals surface area contributed by atoms with Crippen molar-refractivity contribution in [2.45, 2.75) is 13.2 Å². The van der Waals surface area contributed by atoms with Gasteiger partial charge in [-0.2, -0.15) is 0 Å². The zero-order chi connectivity index (χ0) is 21.6. The van der Waals surface area contributed by atoms with Crippen LogP contribution in [0.2, 0.25) is 0 Å². The second-order valence-corrected chi connectivity index (χ2v) is 6.87. The van der Waals surface area contributed by atoms with E-state index in [1.807, 2.05) is 54.6 Å². The molecule has 0 radical (unpaired) electrons. The van der Waals surface area contributed by atoms with Crippen molar-refractivity contribution in [3.63, 3.8) is 0 Å². The number of carbonyl (C=O) groups is 1. The maximum absolute atomic E-state index is 12.7. The number of nitrogens with one attached hydrogen (secondary N) is 2. The minimum atomic E-state index is -0.475. The molecule has 0 aliphatic carbocycles. The molecule has 1 aromatic heterocycles. The smallest absolute Gasteiger partial charge is 0.287 e. The van der Waals surface area contributed by atoms with Crippen LogP contribution < -0.4 is 20.3 Å². The molecule has 156 valence electrons. The first-order valence-corrected chi connectivity index (χ1v) is 9.75. The highest BCUT2D eigenvalue weighted by molar-refractivity contribution is 5.93. The molecule has 7 nitrogen and oxygen atoms in total. The number of hydrogen-bond donors (Lipinski definition) is 2. The number of rotatable bonds is 7.